The van der Waals surface area contributed by atoms with E-state index in [0.717, 1.165) is 16.3 Å². The van der Waals surface area contributed by atoms with E-state index < -0.39 is 5.56 Å². The van der Waals surface area contributed by atoms with Gasteiger partial charge in [-0.3, -0.25) is 4.79 Å². The first-order valence-electron chi connectivity index (χ1n) is 9.03. The molecule has 0 spiro atoms. The molecule has 29 heavy (non-hydrogen) atoms. The molecule has 142 valence electrons. The molecule has 0 unspecified atom stereocenters. The summed E-state index contributed by atoms with van der Waals surface area (Å²) >= 11 is 0. The van der Waals surface area contributed by atoms with Gasteiger partial charge in [0.05, 0.1) is 14.2 Å². The van der Waals surface area contributed by atoms with E-state index in [1.165, 1.54) is 0 Å². The average molecular weight is 382 g/mol. The number of aromatic nitrogens is 1. The summed E-state index contributed by atoms with van der Waals surface area (Å²) in [4.78, 5) is 15.5. The predicted octanol–water partition coefficient (Wildman–Crippen LogP) is 4.75. The number of H-pyrrole nitrogens is 1. The maximum absolute atomic E-state index is 12.6. The van der Waals surface area contributed by atoms with Gasteiger partial charge >= 0.3 is 0 Å². The van der Waals surface area contributed by atoms with Gasteiger partial charge < -0.3 is 14.5 Å². The van der Waals surface area contributed by atoms with Crippen molar-refractivity contribution in [3.63, 3.8) is 0 Å². The molecule has 1 aromatic heterocycles. The largest absolute Gasteiger partial charge is 0.493 e. The molecule has 0 bridgehead atoms. The standard InChI is InChI=1S/C24H18N2O3/c1-28-22-10-9-17(12-23(22)29-2)19-13-21(26-24(27)20(19)14-25)18-8-7-15-5-3-4-6-16(15)11-18/h3-13H,1-2H3,(H,26,27). The van der Waals surface area contributed by atoms with Crippen LogP contribution in [0.5, 0.6) is 11.5 Å². The maximum atomic E-state index is 12.6. The first kappa shape index (κ1) is 18.3. The van der Waals surface area contributed by atoms with Crippen LogP contribution in [0.15, 0.2) is 71.5 Å². The molecule has 1 N–H and O–H groups in total. The molecule has 0 aliphatic rings. The first-order valence-corrected chi connectivity index (χ1v) is 9.03. The third-order valence-electron chi connectivity index (χ3n) is 4.90. The Kier molecular flexibility index (Phi) is 4.76. The lowest BCUT2D eigenvalue weighted by Crippen LogP contribution is -2.12. The zero-order chi connectivity index (χ0) is 20.4. The maximum Gasteiger partial charge on any atom is 0.266 e. The third-order valence-corrected chi connectivity index (χ3v) is 4.90. The lowest BCUT2D eigenvalue weighted by molar-refractivity contribution is 0.355. The Hall–Kier alpha value is -4.04. The molecule has 0 fully saturated rings. The molecular weight excluding hydrogens is 364 g/mol. The lowest BCUT2D eigenvalue weighted by atomic mass is 9.97. The zero-order valence-electron chi connectivity index (χ0n) is 16.0. The van der Waals surface area contributed by atoms with E-state index in [0.29, 0.717) is 28.3 Å². The molecule has 4 aromatic rings. The minimum absolute atomic E-state index is 0.0572. The highest BCUT2D eigenvalue weighted by atomic mass is 16.5. The molecule has 0 aliphatic heterocycles. The molecule has 0 saturated carbocycles. The van der Waals surface area contributed by atoms with Crippen molar-refractivity contribution in [3.8, 4) is 40.0 Å². The van der Waals surface area contributed by atoms with Crippen molar-refractivity contribution in [1.29, 1.82) is 5.26 Å². The number of fused-ring (bicyclic) bond motifs is 1. The Labute approximate surface area is 167 Å². The van der Waals surface area contributed by atoms with E-state index in [4.69, 9.17) is 9.47 Å². The van der Waals surface area contributed by atoms with E-state index in [9.17, 15) is 10.1 Å². The summed E-state index contributed by atoms with van der Waals surface area (Å²) < 4.78 is 10.7. The van der Waals surface area contributed by atoms with Crippen LogP contribution < -0.4 is 15.0 Å². The highest BCUT2D eigenvalue weighted by Gasteiger charge is 2.15. The van der Waals surface area contributed by atoms with Gasteiger partial charge in [0.2, 0.25) is 0 Å². The summed E-state index contributed by atoms with van der Waals surface area (Å²) in [5.41, 5.74) is 2.38. The Morgan fingerprint density at radius 3 is 2.28 bits per heavy atom. The number of hydrogen-bond donors (Lipinski definition) is 1. The van der Waals surface area contributed by atoms with Crippen LogP contribution in [0.3, 0.4) is 0 Å². The van der Waals surface area contributed by atoms with Crippen LogP contribution in [-0.2, 0) is 0 Å². The van der Waals surface area contributed by atoms with Gasteiger partial charge in [-0.2, -0.15) is 5.26 Å². The average Bonchev–Trinajstić information content (AvgIpc) is 2.77. The third kappa shape index (κ3) is 3.32. The van der Waals surface area contributed by atoms with Crippen LogP contribution in [0.2, 0.25) is 0 Å². The monoisotopic (exact) mass is 382 g/mol. The van der Waals surface area contributed by atoms with Crippen molar-refractivity contribution in [2.75, 3.05) is 14.2 Å². The van der Waals surface area contributed by atoms with Gasteiger partial charge in [0.25, 0.3) is 5.56 Å². The number of nitrogens with zero attached hydrogens (tertiary/aromatic N) is 1. The second-order valence-electron chi connectivity index (χ2n) is 6.54. The Balaban J connectivity index is 1.92. The van der Waals surface area contributed by atoms with Crippen molar-refractivity contribution in [1.82, 2.24) is 4.98 Å². The molecule has 0 radical (unpaired) electrons. The van der Waals surface area contributed by atoms with Crippen molar-refractivity contribution >= 4 is 10.8 Å². The molecule has 4 rings (SSSR count). The highest BCUT2D eigenvalue weighted by Crippen LogP contribution is 2.34. The fraction of sp³-hybridized carbons (Fsp3) is 0.0833. The summed E-state index contributed by atoms with van der Waals surface area (Å²) in [5.74, 6) is 1.11. The highest BCUT2D eigenvalue weighted by molar-refractivity contribution is 5.87. The summed E-state index contributed by atoms with van der Waals surface area (Å²) in [5, 5.41) is 11.8. The van der Waals surface area contributed by atoms with Gasteiger partial charge in [0.1, 0.15) is 11.6 Å². The number of pyridine rings is 1. The number of rotatable bonds is 4. The number of nitrogens with one attached hydrogen (secondary N) is 1. The van der Waals surface area contributed by atoms with Crippen molar-refractivity contribution in [2.24, 2.45) is 0 Å². The number of methoxy groups -OCH3 is 2. The molecule has 0 saturated heterocycles. The van der Waals surface area contributed by atoms with Gasteiger partial charge in [-0.25, -0.2) is 0 Å². The van der Waals surface area contributed by atoms with Crippen LogP contribution in [0.1, 0.15) is 5.56 Å². The second kappa shape index (κ2) is 7.53. The number of ether oxygens (including phenoxy) is 2. The van der Waals surface area contributed by atoms with Crippen molar-refractivity contribution in [3.05, 3.63) is 82.6 Å². The van der Waals surface area contributed by atoms with E-state index in [1.807, 2.05) is 54.6 Å². The normalized spacial score (nSPS) is 10.5. The van der Waals surface area contributed by atoms with Crippen LogP contribution in [0.25, 0.3) is 33.2 Å². The topological polar surface area (TPSA) is 75.1 Å². The minimum atomic E-state index is -0.428. The molecule has 1 heterocycles. The van der Waals surface area contributed by atoms with Gasteiger partial charge in [-0.1, -0.05) is 42.5 Å². The summed E-state index contributed by atoms with van der Waals surface area (Å²) in [6.45, 7) is 0. The molecule has 0 atom stereocenters. The van der Waals surface area contributed by atoms with Gasteiger partial charge in [0.15, 0.2) is 11.5 Å². The Morgan fingerprint density at radius 2 is 1.55 bits per heavy atom. The lowest BCUT2D eigenvalue weighted by Gasteiger charge is -2.12. The van der Waals surface area contributed by atoms with E-state index in [1.54, 1.807) is 32.4 Å². The van der Waals surface area contributed by atoms with Crippen LogP contribution in [0, 0.1) is 11.3 Å². The SMILES string of the molecule is COc1ccc(-c2cc(-c3ccc4ccccc4c3)[nH]c(=O)c2C#N)cc1OC. The Morgan fingerprint density at radius 1 is 0.828 bits per heavy atom. The second-order valence-corrected chi connectivity index (χ2v) is 6.54. The van der Waals surface area contributed by atoms with Crippen LogP contribution in [-0.4, -0.2) is 19.2 Å². The number of benzene rings is 3. The minimum Gasteiger partial charge on any atom is -0.493 e. The van der Waals surface area contributed by atoms with Gasteiger partial charge in [0, 0.05) is 11.3 Å². The van der Waals surface area contributed by atoms with Gasteiger partial charge in [-0.05, 0) is 46.2 Å². The summed E-state index contributed by atoms with van der Waals surface area (Å²) in [6, 6.07) is 23.2. The van der Waals surface area contributed by atoms with Crippen molar-refractivity contribution in [2.45, 2.75) is 0 Å². The molecule has 0 aliphatic carbocycles. The van der Waals surface area contributed by atoms with Crippen molar-refractivity contribution < 1.29 is 9.47 Å². The predicted molar refractivity (Wildman–Crippen MR) is 113 cm³/mol. The number of nitriles is 1. The smallest absolute Gasteiger partial charge is 0.266 e. The van der Waals surface area contributed by atoms with E-state index in [-0.39, 0.29) is 5.56 Å². The Bertz CT molecular complexity index is 1320. The van der Waals surface area contributed by atoms with Crippen LogP contribution >= 0.6 is 0 Å². The molecular formula is C24H18N2O3. The molecule has 5 nitrogen and oxygen atoms in total. The van der Waals surface area contributed by atoms with E-state index in [2.05, 4.69) is 4.98 Å². The summed E-state index contributed by atoms with van der Waals surface area (Å²) in [6.07, 6.45) is 0. The van der Waals surface area contributed by atoms with Crippen LogP contribution in [0.4, 0.5) is 0 Å². The zero-order valence-corrected chi connectivity index (χ0v) is 16.0. The van der Waals surface area contributed by atoms with Gasteiger partial charge in [-0.15, -0.1) is 0 Å². The van der Waals surface area contributed by atoms with E-state index >= 15 is 0 Å². The fourth-order valence-electron chi connectivity index (χ4n) is 3.41. The molecule has 5 heteroatoms. The fourth-order valence-corrected chi connectivity index (χ4v) is 3.41. The number of aromatic amines is 1. The number of hydrogen-bond acceptors (Lipinski definition) is 4. The first-order chi connectivity index (χ1) is 14.1. The molecule has 0 amide bonds. The quantitative estimate of drug-likeness (QED) is 0.553. The molecule has 3 aromatic carbocycles. The summed E-state index contributed by atoms with van der Waals surface area (Å²) in [7, 11) is 3.11.